The first-order chi connectivity index (χ1) is 22.5. The van der Waals surface area contributed by atoms with Crippen LogP contribution in [0.25, 0.3) is 11.2 Å². The molecule has 0 radical (unpaired) electrons. The van der Waals surface area contributed by atoms with Gasteiger partial charge in [0.25, 0.3) is 5.91 Å². The van der Waals surface area contributed by atoms with Gasteiger partial charge in [0, 0.05) is 12.7 Å². The summed E-state index contributed by atoms with van der Waals surface area (Å²) in [5, 5.41) is 13.9. The third-order valence-corrected chi connectivity index (χ3v) is 9.08. The number of aliphatic hydroxyl groups is 1. The van der Waals surface area contributed by atoms with Crippen LogP contribution >= 0.6 is 7.60 Å². The lowest BCUT2D eigenvalue weighted by molar-refractivity contribution is -0.162. The first-order valence-electron chi connectivity index (χ1n) is 15.2. The normalized spacial score (nSPS) is 20.1. The van der Waals surface area contributed by atoms with Crippen LogP contribution in [0, 0.1) is 10.8 Å². The van der Waals surface area contributed by atoms with Gasteiger partial charge in [0.15, 0.2) is 23.2 Å². The summed E-state index contributed by atoms with van der Waals surface area (Å²) in [6.07, 6.45) is -1.67. The number of benzene rings is 1. The summed E-state index contributed by atoms with van der Waals surface area (Å²) in [5.41, 5.74) is -0.665. The number of nitrogens with one attached hydrogen (secondary N) is 1. The molecule has 4 atom stereocenters. The van der Waals surface area contributed by atoms with E-state index in [4.69, 9.17) is 28.0 Å². The lowest BCUT2D eigenvalue weighted by Crippen LogP contribution is -2.33. The van der Waals surface area contributed by atoms with Crippen LogP contribution in [-0.4, -0.2) is 87.6 Å². The Bertz CT molecular complexity index is 1600. The minimum Gasteiger partial charge on any atom is -0.438 e. The highest BCUT2D eigenvalue weighted by Gasteiger charge is 2.46. The van der Waals surface area contributed by atoms with E-state index in [1.54, 1.807) is 71.9 Å². The second-order valence-electron chi connectivity index (χ2n) is 13.1. The van der Waals surface area contributed by atoms with Crippen LogP contribution in [0.1, 0.15) is 64.5 Å². The molecule has 17 heteroatoms. The highest BCUT2D eigenvalue weighted by Crippen LogP contribution is 2.50. The number of imidazole rings is 1. The summed E-state index contributed by atoms with van der Waals surface area (Å²) in [4.78, 5) is 50.1. The minimum absolute atomic E-state index is 0.0603. The molecule has 1 saturated heterocycles. The molecule has 262 valence electrons. The fourth-order valence-electron chi connectivity index (χ4n) is 4.54. The predicted octanol–water partition coefficient (Wildman–Crippen LogP) is 4.06. The van der Waals surface area contributed by atoms with Gasteiger partial charge in [0.2, 0.25) is 13.6 Å². The number of ether oxygens (including phenoxy) is 4. The summed E-state index contributed by atoms with van der Waals surface area (Å²) < 4.78 is 48.1. The van der Waals surface area contributed by atoms with Crippen molar-refractivity contribution in [3.05, 3.63) is 48.5 Å². The lowest BCUT2D eigenvalue weighted by atomic mass is 9.98. The molecule has 0 aliphatic carbocycles. The fourth-order valence-corrected chi connectivity index (χ4v) is 5.87. The number of anilines is 1. The molecule has 3 heterocycles. The van der Waals surface area contributed by atoms with Gasteiger partial charge in [-0.3, -0.25) is 32.6 Å². The van der Waals surface area contributed by atoms with E-state index in [2.05, 4.69) is 20.3 Å². The van der Waals surface area contributed by atoms with E-state index in [1.807, 2.05) is 0 Å². The number of hydrogen-bond acceptors (Lipinski definition) is 14. The molecule has 1 fully saturated rings. The first kappa shape index (κ1) is 37.0. The van der Waals surface area contributed by atoms with Gasteiger partial charge in [0.1, 0.15) is 18.5 Å². The zero-order valence-corrected chi connectivity index (χ0v) is 28.8. The lowest BCUT2D eigenvalue weighted by Gasteiger charge is -2.23. The molecule has 0 unspecified atom stereocenters. The molecule has 2 N–H and O–H groups in total. The Morgan fingerprint density at radius 1 is 0.958 bits per heavy atom. The van der Waals surface area contributed by atoms with E-state index >= 15 is 0 Å². The van der Waals surface area contributed by atoms with E-state index in [0.29, 0.717) is 11.2 Å². The van der Waals surface area contributed by atoms with E-state index in [-0.39, 0.29) is 29.8 Å². The van der Waals surface area contributed by atoms with Gasteiger partial charge in [0.05, 0.1) is 29.4 Å². The number of carbonyl (C=O) groups excluding carboxylic acids is 3. The Labute approximate surface area is 278 Å². The largest absolute Gasteiger partial charge is 0.438 e. The Balaban J connectivity index is 1.48. The number of methoxy groups -OCH3 is 1. The molecule has 1 aliphatic rings. The van der Waals surface area contributed by atoms with Crippen molar-refractivity contribution in [1.29, 1.82) is 0 Å². The van der Waals surface area contributed by atoms with E-state index < -0.39 is 68.5 Å². The molecule has 1 amide bonds. The van der Waals surface area contributed by atoms with Gasteiger partial charge >= 0.3 is 19.5 Å². The standard InChI is InChI=1S/C31H42N5O11P/c1-30(2,3)28(39)43-17-45-48(41,46-18-44-29(40)31(4,5)6)14-13-20-22(37)23(42-7)27(47-20)36-16-34-21-24(32-15-33-25(21)36)35-26(38)19-11-9-8-10-12-19/h8-12,15-16,20,22-23,27,37H,13-14,17-18H2,1-7H3,(H,32,33,35,38)/t20-,22-,23-,27-/m1/s1. The predicted molar refractivity (Wildman–Crippen MR) is 171 cm³/mol. The quantitative estimate of drug-likeness (QED) is 0.148. The number of fused-ring (bicyclic) bond motifs is 1. The zero-order valence-electron chi connectivity index (χ0n) is 27.9. The molecule has 0 spiro atoms. The first-order valence-corrected chi connectivity index (χ1v) is 16.9. The van der Waals surface area contributed by atoms with Crippen molar-refractivity contribution < 1.29 is 52.1 Å². The summed E-state index contributed by atoms with van der Waals surface area (Å²) >= 11 is 0. The minimum atomic E-state index is -4.07. The van der Waals surface area contributed by atoms with E-state index in [9.17, 15) is 24.1 Å². The van der Waals surface area contributed by atoms with Crippen LogP contribution in [0.5, 0.6) is 0 Å². The summed E-state index contributed by atoms with van der Waals surface area (Å²) in [7, 11) is -2.68. The Morgan fingerprint density at radius 3 is 2.12 bits per heavy atom. The Hall–Kier alpha value is -3.79. The second-order valence-corrected chi connectivity index (χ2v) is 15.3. The SMILES string of the molecule is CO[C@@H]1[C@H](O)[C@@H](CCP(=O)(OCOC(=O)C(C)(C)C)OCOC(=O)C(C)(C)C)O[C@H]1n1cnc2c(NC(=O)c3ccccc3)ncnc21. The maximum absolute atomic E-state index is 13.7. The van der Waals surface area contributed by atoms with Gasteiger partial charge in [-0.2, -0.15) is 0 Å². The fraction of sp³-hybridized carbons (Fsp3) is 0.548. The molecular formula is C31H42N5O11P. The van der Waals surface area contributed by atoms with Crippen molar-refractivity contribution in [2.45, 2.75) is 72.5 Å². The molecule has 48 heavy (non-hydrogen) atoms. The second kappa shape index (κ2) is 15.2. The number of carbonyl (C=O) groups is 3. The van der Waals surface area contributed by atoms with E-state index in [1.165, 1.54) is 24.3 Å². The van der Waals surface area contributed by atoms with Crippen molar-refractivity contribution in [3.8, 4) is 0 Å². The van der Waals surface area contributed by atoms with Crippen molar-refractivity contribution in [2.24, 2.45) is 10.8 Å². The van der Waals surface area contributed by atoms with Crippen molar-refractivity contribution in [2.75, 3.05) is 32.2 Å². The zero-order chi connectivity index (χ0) is 35.3. The number of aromatic nitrogens is 4. The maximum atomic E-state index is 13.7. The molecule has 3 aromatic rings. The molecule has 0 bridgehead atoms. The molecule has 1 aliphatic heterocycles. The number of nitrogens with zero attached hydrogens (tertiary/aromatic N) is 4. The maximum Gasteiger partial charge on any atom is 0.336 e. The third kappa shape index (κ3) is 9.01. The molecule has 1 aromatic carbocycles. The van der Waals surface area contributed by atoms with E-state index in [0.717, 1.165) is 0 Å². The van der Waals surface area contributed by atoms with Crippen LogP contribution in [-0.2, 0) is 42.1 Å². The number of rotatable bonds is 13. The summed E-state index contributed by atoms with van der Waals surface area (Å²) in [6, 6.07) is 8.60. The number of amides is 1. The number of hydrogen-bond donors (Lipinski definition) is 2. The van der Waals surface area contributed by atoms with Gasteiger partial charge in [-0.05, 0) is 60.1 Å². The molecule has 4 rings (SSSR count). The van der Waals surface area contributed by atoms with Crippen LogP contribution in [0.3, 0.4) is 0 Å². The van der Waals surface area contributed by atoms with Crippen LogP contribution in [0.4, 0.5) is 5.82 Å². The topological polar surface area (TPSA) is 200 Å². The Kier molecular flexibility index (Phi) is 11.7. The number of esters is 2. The van der Waals surface area contributed by atoms with Crippen molar-refractivity contribution in [1.82, 2.24) is 19.5 Å². The highest BCUT2D eigenvalue weighted by molar-refractivity contribution is 7.53. The molecule has 2 aromatic heterocycles. The average Bonchev–Trinajstić information content (AvgIpc) is 3.60. The van der Waals surface area contributed by atoms with Gasteiger partial charge < -0.3 is 29.4 Å². The molecular weight excluding hydrogens is 649 g/mol. The highest BCUT2D eigenvalue weighted by atomic mass is 31.2. The number of aliphatic hydroxyl groups excluding tert-OH is 1. The average molecular weight is 692 g/mol. The van der Waals surface area contributed by atoms with Crippen LogP contribution in [0.2, 0.25) is 0 Å². The Morgan fingerprint density at radius 2 is 1.56 bits per heavy atom. The van der Waals surface area contributed by atoms with Crippen LogP contribution in [0.15, 0.2) is 43.0 Å². The molecule has 0 saturated carbocycles. The van der Waals surface area contributed by atoms with Crippen LogP contribution < -0.4 is 5.32 Å². The van der Waals surface area contributed by atoms with Crippen molar-refractivity contribution in [3.63, 3.8) is 0 Å². The third-order valence-electron chi connectivity index (χ3n) is 7.28. The summed E-state index contributed by atoms with van der Waals surface area (Å²) in [5.74, 6) is -1.39. The molecule has 16 nitrogen and oxygen atoms in total. The summed E-state index contributed by atoms with van der Waals surface area (Å²) in [6.45, 7) is 8.53. The smallest absolute Gasteiger partial charge is 0.336 e. The van der Waals surface area contributed by atoms with Gasteiger partial charge in [-0.1, -0.05) is 18.2 Å². The van der Waals surface area contributed by atoms with Gasteiger partial charge in [-0.25, -0.2) is 15.0 Å². The monoisotopic (exact) mass is 691 g/mol. The van der Waals surface area contributed by atoms with Crippen molar-refractivity contribution >= 4 is 42.4 Å². The van der Waals surface area contributed by atoms with Gasteiger partial charge in [-0.15, -0.1) is 0 Å².